The lowest BCUT2D eigenvalue weighted by Gasteiger charge is -2.24. The number of hydrogen-bond acceptors (Lipinski definition) is 4. The van der Waals surface area contributed by atoms with E-state index in [1.54, 1.807) is 13.0 Å². The predicted molar refractivity (Wildman–Crippen MR) is 114 cm³/mol. The van der Waals surface area contributed by atoms with Crippen LogP contribution in [0.15, 0.2) is 60.7 Å². The molecule has 1 aliphatic rings. The largest absolute Gasteiger partial charge is 0.453 e. The molecule has 11 heteroatoms. The van der Waals surface area contributed by atoms with Gasteiger partial charge in [-0.3, -0.25) is 0 Å². The van der Waals surface area contributed by atoms with Crippen LogP contribution >= 0.6 is 11.6 Å². The van der Waals surface area contributed by atoms with E-state index < -0.39 is 23.9 Å². The molecule has 4 aromatic rings. The molecule has 0 unspecified atom stereocenters. The number of allylic oxidation sites excluding steroid dienone is 1. The third-order valence-electron chi connectivity index (χ3n) is 5.22. The maximum absolute atomic E-state index is 13.4. The highest BCUT2D eigenvalue weighted by atomic mass is 35.5. The first-order valence-electron chi connectivity index (χ1n) is 9.81. The molecule has 0 bridgehead atoms. The Kier molecular flexibility index (Phi) is 4.97. The monoisotopic (exact) mass is 474 g/mol. The Bertz CT molecular complexity index is 1360. The molecule has 0 saturated carbocycles. The van der Waals surface area contributed by atoms with E-state index in [0.29, 0.717) is 28.2 Å². The first kappa shape index (κ1) is 21.2. The van der Waals surface area contributed by atoms with Crippen molar-refractivity contribution >= 4 is 23.2 Å². The third kappa shape index (κ3) is 3.76. The van der Waals surface area contributed by atoms with Gasteiger partial charge in [0.2, 0.25) is 5.95 Å². The zero-order valence-electron chi connectivity index (χ0n) is 17.0. The predicted octanol–water partition coefficient (Wildman–Crippen LogP) is 5.64. The van der Waals surface area contributed by atoms with Crippen LogP contribution in [0, 0.1) is 12.7 Å². The molecule has 168 valence electrons. The number of halogens is 5. The number of anilines is 1. The van der Waals surface area contributed by atoms with Crippen molar-refractivity contribution in [1.82, 2.24) is 24.5 Å². The van der Waals surface area contributed by atoms with E-state index in [9.17, 15) is 17.6 Å². The van der Waals surface area contributed by atoms with Crippen LogP contribution in [0.25, 0.3) is 11.4 Å². The molecule has 2 aromatic carbocycles. The van der Waals surface area contributed by atoms with Crippen molar-refractivity contribution in [3.05, 3.63) is 94.3 Å². The first-order chi connectivity index (χ1) is 15.7. The summed E-state index contributed by atoms with van der Waals surface area (Å²) in [6, 6.07) is 13.8. The normalized spacial score (nSPS) is 15.7. The minimum Gasteiger partial charge on any atom is -0.324 e. The Morgan fingerprint density at radius 3 is 2.36 bits per heavy atom. The number of nitrogens with one attached hydrogen (secondary N) is 1. The van der Waals surface area contributed by atoms with Crippen LogP contribution in [0.1, 0.15) is 28.7 Å². The van der Waals surface area contributed by atoms with Gasteiger partial charge in [0.25, 0.3) is 5.82 Å². The fourth-order valence-corrected chi connectivity index (χ4v) is 4.09. The summed E-state index contributed by atoms with van der Waals surface area (Å²) < 4.78 is 56.2. The first-order valence-corrected chi connectivity index (χ1v) is 10.2. The van der Waals surface area contributed by atoms with Gasteiger partial charge in [-0.25, -0.2) is 13.8 Å². The number of alkyl halides is 3. The number of nitrogens with zero attached hydrogens (tertiary/aromatic N) is 5. The molecule has 1 N–H and O–H groups in total. The number of hydrogen-bond donors (Lipinski definition) is 1. The van der Waals surface area contributed by atoms with Crippen LogP contribution in [0.4, 0.5) is 23.5 Å². The average molecular weight is 475 g/mol. The molecule has 0 radical (unpaired) electrons. The lowest BCUT2D eigenvalue weighted by molar-refractivity contribution is -0.145. The average Bonchev–Trinajstić information content (AvgIpc) is 3.35. The van der Waals surface area contributed by atoms with Gasteiger partial charge in [0.1, 0.15) is 17.0 Å². The molecule has 1 aliphatic heterocycles. The minimum atomic E-state index is -4.74. The van der Waals surface area contributed by atoms with Gasteiger partial charge in [-0.15, -0.1) is 5.10 Å². The molecule has 3 heterocycles. The Morgan fingerprint density at radius 2 is 1.70 bits per heavy atom. The fraction of sp³-hybridized carbons (Fsp3) is 0.136. The molecular formula is C22H15ClF4N6. The Labute approximate surface area is 190 Å². The Hall–Kier alpha value is -3.66. The number of fused-ring (bicyclic) bond motifs is 1. The van der Waals surface area contributed by atoms with Crippen LogP contribution < -0.4 is 5.32 Å². The lowest BCUT2D eigenvalue weighted by Crippen LogP contribution is -2.21. The maximum atomic E-state index is 13.4. The van der Waals surface area contributed by atoms with Crippen molar-refractivity contribution in [1.29, 1.82) is 0 Å². The minimum absolute atomic E-state index is 0.114. The van der Waals surface area contributed by atoms with Crippen molar-refractivity contribution in [3.8, 4) is 5.69 Å². The smallest absolute Gasteiger partial charge is 0.324 e. The van der Waals surface area contributed by atoms with E-state index >= 15 is 0 Å². The van der Waals surface area contributed by atoms with Gasteiger partial charge in [0.05, 0.1) is 11.4 Å². The summed E-state index contributed by atoms with van der Waals surface area (Å²) in [5.41, 5.74) is 2.69. The van der Waals surface area contributed by atoms with Gasteiger partial charge in [0, 0.05) is 11.3 Å². The summed E-state index contributed by atoms with van der Waals surface area (Å²) in [5.74, 6) is -1.83. The summed E-state index contributed by atoms with van der Waals surface area (Å²) in [4.78, 5) is 3.65. The molecule has 0 saturated heterocycles. The molecule has 1 atom stereocenters. The number of aromatic nitrogens is 5. The Morgan fingerprint density at radius 1 is 1.00 bits per heavy atom. The number of para-hydroxylation sites is 1. The molecule has 6 nitrogen and oxygen atoms in total. The molecule has 0 fully saturated rings. The Balaban J connectivity index is 1.69. The summed E-state index contributed by atoms with van der Waals surface area (Å²) in [6.07, 6.45) is -3.07. The molecule has 0 spiro atoms. The van der Waals surface area contributed by atoms with E-state index in [0.717, 1.165) is 4.68 Å². The number of aryl methyl sites for hydroxylation is 1. The maximum Gasteiger partial charge on any atom is 0.453 e. The summed E-state index contributed by atoms with van der Waals surface area (Å²) in [6.45, 7) is 1.72. The molecule has 0 aliphatic carbocycles. The topological polar surface area (TPSA) is 60.6 Å². The van der Waals surface area contributed by atoms with Gasteiger partial charge in [-0.2, -0.15) is 23.3 Å². The standard InChI is InChI=1S/C22H15ClF4N6/c1-12-18(19(23)32(30-12)15-5-3-2-4-6-15)17-11-16(13-7-9-14(24)10-8-13)28-21-29-20(22(25,26)27)31-33(17)21/h2-11,17H,1H3,(H,28,29,31)/t17-/m0/s1. The fourth-order valence-electron chi connectivity index (χ4n) is 3.70. The summed E-state index contributed by atoms with van der Waals surface area (Å²) in [7, 11) is 0. The second-order valence-electron chi connectivity index (χ2n) is 7.40. The van der Waals surface area contributed by atoms with Crippen LogP contribution in [0.2, 0.25) is 5.15 Å². The van der Waals surface area contributed by atoms with Crippen LogP contribution in [-0.2, 0) is 6.18 Å². The molecule has 0 amide bonds. The second-order valence-corrected chi connectivity index (χ2v) is 7.75. The summed E-state index contributed by atoms with van der Waals surface area (Å²) in [5, 5.41) is 11.3. The molecular weight excluding hydrogens is 460 g/mol. The highest BCUT2D eigenvalue weighted by molar-refractivity contribution is 6.30. The third-order valence-corrected chi connectivity index (χ3v) is 5.58. The van der Waals surface area contributed by atoms with Gasteiger partial charge in [-0.1, -0.05) is 29.8 Å². The molecule has 33 heavy (non-hydrogen) atoms. The molecule has 2 aromatic heterocycles. The van der Waals surface area contributed by atoms with Gasteiger partial charge < -0.3 is 5.32 Å². The zero-order valence-corrected chi connectivity index (χ0v) is 17.7. The van der Waals surface area contributed by atoms with E-state index in [2.05, 4.69) is 20.5 Å². The highest BCUT2D eigenvalue weighted by Gasteiger charge is 2.40. The number of rotatable bonds is 3. The number of benzene rings is 2. The van der Waals surface area contributed by atoms with Crippen LogP contribution in [0.3, 0.4) is 0 Å². The van der Waals surface area contributed by atoms with Crippen molar-refractivity contribution in [2.75, 3.05) is 5.32 Å². The van der Waals surface area contributed by atoms with Gasteiger partial charge in [0.15, 0.2) is 0 Å². The highest BCUT2D eigenvalue weighted by Crippen LogP contribution is 2.39. The van der Waals surface area contributed by atoms with E-state index in [1.165, 1.54) is 28.9 Å². The van der Waals surface area contributed by atoms with Crippen molar-refractivity contribution in [3.63, 3.8) is 0 Å². The molecule has 5 rings (SSSR count). The van der Waals surface area contributed by atoms with Gasteiger partial charge >= 0.3 is 6.18 Å². The lowest BCUT2D eigenvalue weighted by atomic mass is 10.0. The van der Waals surface area contributed by atoms with Crippen LogP contribution in [0.5, 0.6) is 0 Å². The van der Waals surface area contributed by atoms with Crippen LogP contribution in [-0.4, -0.2) is 24.5 Å². The SMILES string of the molecule is Cc1nn(-c2ccccc2)c(Cl)c1[C@@H]1C=C(c2ccc(F)cc2)Nc2nc(C(F)(F)F)nn21. The quantitative estimate of drug-likeness (QED) is 0.390. The van der Waals surface area contributed by atoms with E-state index in [-0.39, 0.29) is 11.1 Å². The van der Waals surface area contributed by atoms with E-state index in [4.69, 9.17) is 11.6 Å². The van der Waals surface area contributed by atoms with Gasteiger partial charge in [-0.05, 0) is 55.0 Å². The van der Waals surface area contributed by atoms with E-state index in [1.807, 2.05) is 30.3 Å². The zero-order chi connectivity index (χ0) is 23.3. The van der Waals surface area contributed by atoms with Crippen molar-refractivity contribution in [2.45, 2.75) is 19.1 Å². The van der Waals surface area contributed by atoms with Crippen molar-refractivity contribution < 1.29 is 17.6 Å². The van der Waals surface area contributed by atoms with Crippen molar-refractivity contribution in [2.24, 2.45) is 0 Å². The second kappa shape index (κ2) is 7.73. The summed E-state index contributed by atoms with van der Waals surface area (Å²) >= 11 is 6.69.